The lowest BCUT2D eigenvalue weighted by atomic mass is 9.97. The van der Waals surface area contributed by atoms with Gasteiger partial charge in [0.05, 0.1) is 6.26 Å². The van der Waals surface area contributed by atoms with Gasteiger partial charge in [-0.1, -0.05) is 35.9 Å². The summed E-state index contributed by atoms with van der Waals surface area (Å²) in [5, 5.41) is 0. The fourth-order valence-electron chi connectivity index (χ4n) is 2.43. The summed E-state index contributed by atoms with van der Waals surface area (Å²) in [6, 6.07) is 22.8. The fraction of sp³-hybridized carbons (Fsp3) is 0.136. The van der Waals surface area contributed by atoms with E-state index in [0.717, 1.165) is 22.4 Å². The average Bonchev–Trinajstić information content (AvgIpc) is 2.63. The third-order valence-electron chi connectivity index (χ3n) is 3.73. The summed E-state index contributed by atoms with van der Waals surface area (Å²) in [7, 11) is -3.67. The standard InChI is InChI=1S/C21H18O2.CH4O3S/c1-15-8-9-16(2)20(14-15)21(22)17-10-12-19(13-11-17)23-18-6-4-3-5-7-18;1-5(2,3)4/h3-14H,1-2H3;1H3,(H,2,3,4). The molecule has 0 heterocycles. The molecule has 6 heteroatoms. The molecule has 146 valence electrons. The van der Waals surface area contributed by atoms with Gasteiger partial charge in [-0.3, -0.25) is 9.35 Å². The minimum absolute atomic E-state index is 0.0393. The molecule has 0 bridgehead atoms. The molecule has 0 unspecified atom stereocenters. The molecule has 0 aromatic heterocycles. The second kappa shape index (κ2) is 9.30. The van der Waals surface area contributed by atoms with Crippen LogP contribution in [0, 0.1) is 13.8 Å². The molecule has 0 aliphatic rings. The Balaban J connectivity index is 0.000000500. The number of carbonyl (C=O) groups excluding carboxylic acids is 1. The van der Waals surface area contributed by atoms with Crippen LogP contribution in [0.25, 0.3) is 0 Å². The van der Waals surface area contributed by atoms with Crippen LogP contribution >= 0.6 is 0 Å². The van der Waals surface area contributed by atoms with Gasteiger partial charge in [-0.15, -0.1) is 0 Å². The third-order valence-corrected chi connectivity index (χ3v) is 3.73. The number of hydrogen-bond donors (Lipinski definition) is 1. The van der Waals surface area contributed by atoms with Crippen molar-refractivity contribution >= 4 is 15.9 Å². The second-order valence-electron chi connectivity index (χ2n) is 6.32. The van der Waals surface area contributed by atoms with Crippen LogP contribution in [0.2, 0.25) is 0 Å². The highest BCUT2D eigenvalue weighted by molar-refractivity contribution is 7.85. The van der Waals surface area contributed by atoms with Crippen molar-refractivity contribution in [1.29, 1.82) is 0 Å². The first-order chi connectivity index (χ1) is 13.1. The van der Waals surface area contributed by atoms with Crippen LogP contribution in [-0.2, 0) is 10.1 Å². The minimum atomic E-state index is -3.67. The zero-order valence-electron chi connectivity index (χ0n) is 15.9. The molecule has 5 nitrogen and oxygen atoms in total. The maximum absolute atomic E-state index is 12.6. The first kappa shape index (κ1) is 21.3. The zero-order valence-corrected chi connectivity index (χ0v) is 16.7. The smallest absolute Gasteiger partial charge is 0.261 e. The van der Waals surface area contributed by atoms with Gasteiger partial charge in [0.25, 0.3) is 10.1 Å². The molecule has 0 saturated heterocycles. The van der Waals surface area contributed by atoms with Gasteiger partial charge in [0.1, 0.15) is 11.5 Å². The average molecular weight is 398 g/mol. The Morgan fingerprint density at radius 1 is 0.857 bits per heavy atom. The minimum Gasteiger partial charge on any atom is -0.457 e. The van der Waals surface area contributed by atoms with Crippen molar-refractivity contribution in [3.05, 3.63) is 95.1 Å². The summed E-state index contributed by atoms with van der Waals surface area (Å²) in [6.07, 6.45) is 0.715. The lowest BCUT2D eigenvalue weighted by molar-refractivity contribution is 0.103. The molecule has 0 saturated carbocycles. The SMILES string of the molecule is CS(=O)(=O)O.Cc1ccc(C)c(C(=O)c2ccc(Oc3ccccc3)cc2)c1. The molecule has 1 N–H and O–H groups in total. The molecule has 0 aliphatic carbocycles. The van der Waals surface area contributed by atoms with Gasteiger partial charge in [-0.05, 0) is 61.9 Å². The van der Waals surface area contributed by atoms with Crippen molar-refractivity contribution in [2.75, 3.05) is 6.26 Å². The molecule has 0 atom stereocenters. The number of benzene rings is 3. The molecule has 0 amide bonds. The van der Waals surface area contributed by atoms with Crippen molar-refractivity contribution in [3.8, 4) is 11.5 Å². The number of hydrogen-bond acceptors (Lipinski definition) is 4. The van der Waals surface area contributed by atoms with Gasteiger partial charge in [0.2, 0.25) is 0 Å². The largest absolute Gasteiger partial charge is 0.457 e. The number of ether oxygens (including phenoxy) is 1. The van der Waals surface area contributed by atoms with Crippen molar-refractivity contribution in [2.45, 2.75) is 13.8 Å². The number of carbonyl (C=O) groups is 1. The van der Waals surface area contributed by atoms with Crippen molar-refractivity contribution < 1.29 is 22.5 Å². The predicted molar refractivity (Wildman–Crippen MR) is 110 cm³/mol. The van der Waals surface area contributed by atoms with Gasteiger partial charge in [-0.25, -0.2) is 0 Å². The summed E-state index contributed by atoms with van der Waals surface area (Å²) >= 11 is 0. The fourth-order valence-corrected chi connectivity index (χ4v) is 2.43. The zero-order chi connectivity index (χ0) is 20.7. The normalized spacial score (nSPS) is 10.6. The number of rotatable bonds is 4. The van der Waals surface area contributed by atoms with E-state index in [1.165, 1.54) is 0 Å². The highest BCUT2D eigenvalue weighted by Gasteiger charge is 2.12. The van der Waals surface area contributed by atoms with Crippen LogP contribution in [-0.4, -0.2) is 25.0 Å². The highest BCUT2D eigenvalue weighted by Crippen LogP contribution is 2.23. The summed E-state index contributed by atoms with van der Waals surface area (Å²) in [5.41, 5.74) is 3.49. The van der Waals surface area contributed by atoms with Gasteiger partial charge in [-0.2, -0.15) is 8.42 Å². The van der Waals surface area contributed by atoms with E-state index in [1.807, 2.05) is 86.6 Å². The first-order valence-electron chi connectivity index (χ1n) is 8.51. The van der Waals surface area contributed by atoms with E-state index >= 15 is 0 Å². The van der Waals surface area contributed by atoms with E-state index in [4.69, 9.17) is 9.29 Å². The number of ketones is 1. The van der Waals surface area contributed by atoms with Crippen LogP contribution in [0.1, 0.15) is 27.0 Å². The van der Waals surface area contributed by atoms with Gasteiger partial charge >= 0.3 is 0 Å². The van der Waals surface area contributed by atoms with Crippen LogP contribution in [0.15, 0.2) is 72.8 Å². The maximum atomic E-state index is 12.6. The van der Waals surface area contributed by atoms with Crippen molar-refractivity contribution in [1.82, 2.24) is 0 Å². The lowest BCUT2D eigenvalue weighted by Gasteiger charge is -2.08. The lowest BCUT2D eigenvalue weighted by Crippen LogP contribution is -2.04. The monoisotopic (exact) mass is 398 g/mol. The molecular weight excluding hydrogens is 376 g/mol. The Morgan fingerprint density at radius 3 is 1.96 bits per heavy atom. The van der Waals surface area contributed by atoms with Crippen LogP contribution in [0.4, 0.5) is 0 Å². The Morgan fingerprint density at radius 2 is 1.39 bits per heavy atom. The van der Waals surface area contributed by atoms with Gasteiger partial charge < -0.3 is 4.74 Å². The van der Waals surface area contributed by atoms with Gasteiger partial charge in [0.15, 0.2) is 5.78 Å². The van der Waals surface area contributed by atoms with E-state index in [1.54, 1.807) is 0 Å². The third kappa shape index (κ3) is 6.98. The Bertz CT molecular complexity index is 1030. The van der Waals surface area contributed by atoms with E-state index in [0.29, 0.717) is 17.6 Å². The first-order valence-corrected chi connectivity index (χ1v) is 10.4. The molecular formula is C22H22O5S. The van der Waals surface area contributed by atoms with Crippen LogP contribution in [0.5, 0.6) is 11.5 Å². The molecule has 3 aromatic carbocycles. The van der Waals surface area contributed by atoms with Crippen molar-refractivity contribution in [3.63, 3.8) is 0 Å². The Labute approximate surface area is 165 Å². The molecule has 0 spiro atoms. The van der Waals surface area contributed by atoms with Crippen LogP contribution in [0.3, 0.4) is 0 Å². The molecule has 3 rings (SSSR count). The number of aryl methyl sites for hydroxylation is 2. The highest BCUT2D eigenvalue weighted by atomic mass is 32.2. The summed E-state index contributed by atoms with van der Waals surface area (Å²) in [4.78, 5) is 12.6. The summed E-state index contributed by atoms with van der Waals surface area (Å²) in [5.74, 6) is 1.53. The topological polar surface area (TPSA) is 80.7 Å². The van der Waals surface area contributed by atoms with Gasteiger partial charge in [0, 0.05) is 11.1 Å². The van der Waals surface area contributed by atoms with E-state index in [-0.39, 0.29) is 5.78 Å². The Hall–Kier alpha value is -2.96. The second-order valence-corrected chi connectivity index (χ2v) is 7.79. The molecule has 0 radical (unpaired) electrons. The predicted octanol–water partition coefficient (Wildman–Crippen LogP) is 4.83. The summed E-state index contributed by atoms with van der Waals surface area (Å²) < 4.78 is 31.6. The summed E-state index contributed by atoms with van der Waals surface area (Å²) in [6.45, 7) is 3.95. The van der Waals surface area contributed by atoms with E-state index in [2.05, 4.69) is 0 Å². The maximum Gasteiger partial charge on any atom is 0.261 e. The number of para-hydroxylation sites is 1. The molecule has 0 aliphatic heterocycles. The molecule has 3 aromatic rings. The van der Waals surface area contributed by atoms with E-state index < -0.39 is 10.1 Å². The molecule has 0 fully saturated rings. The van der Waals surface area contributed by atoms with E-state index in [9.17, 15) is 13.2 Å². The van der Waals surface area contributed by atoms with Crippen molar-refractivity contribution in [2.24, 2.45) is 0 Å². The quantitative estimate of drug-likeness (QED) is 0.503. The molecule has 28 heavy (non-hydrogen) atoms. The Kier molecular flexibility index (Phi) is 7.09. The van der Waals surface area contributed by atoms with Crippen LogP contribution < -0.4 is 4.74 Å².